The van der Waals surface area contributed by atoms with Crippen LogP contribution in [0.1, 0.15) is 10.4 Å². The third-order valence-electron chi connectivity index (χ3n) is 2.33. The number of benzene rings is 1. The highest BCUT2D eigenvalue weighted by molar-refractivity contribution is 5.96. The van der Waals surface area contributed by atoms with Crippen molar-refractivity contribution in [2.75, 3.05) is 27.3 Å². The quantitative estimate of drug-likeness (QED) is 0.698. The molecular formula is C11H13NO3. The zero-order valence-electron chi connectivity index (χ0n) is 8.82. The Kier molecular flexibility index (Phi) is 2.49. The van der Waals surface area contributed by atoms with Gasteiger partial charge in [0.25, 0.3) is 5.91 Å². The van der Waals surface area contributed by atoms with Crippen LogP contribution in [0.5, 0.6) is 11.5 Å². The van der Waals surface area contributed by atoms with Crippen molar-refractivity contribution < 1.29 is 14.3 Å². The molecule has 0 unspecified atom stereocenters. The Labute approximate surface area is 88.4 Å². The second kappa shape index (κ2) is 3.81. The smallest absolute Gasteiger partial charge is 0.254 e. The Bertz CT molecular complexity index is 363. The molecular weight excluding hydrogens is 194 g/mol. The number of methoxy groups -OCH3 is 2. The molecule has 1 heterocycles. The minimum absolute atomic E-state index is 0.0344. The van der Waals surface area contributed by atoms with Gasteiger partial charge in [-0.25, -0.2) is 0 Å². The lowest BCUT2D eigenvalue weighted by Crippen LogP contribution is -2.10. The van der Waals surface area contributed by atoms with Gasteiger partial charge in [0.1, 0.15) is 11.5 Å². The van der Waals surface area contributed by atoms with Crippen LogP contribution < -0.4 is 9.47 Å². The summed E-state index contributed by atoms with van der Waals surface area (Å²) in [5.41, 5.74) is 0.615. The van der Waals surface area contributed by atoms with Gasteiger partial charge in [0, 0.05) is 24.7 Å². The van der Waals surface area contributed by atoms with Gasteiger partial charge in [0.2, 0.25) is 0 Å². The number of carbonyl (C=O) groups excluding carboxylic acids is 1. The van der Waals surface area contributed by atoms with Crippen LogP contribution in [-0.4, -0.2) is 38.1 Å². The van der Waals surface area contributed by atoms with E-state index < -0.39 is 0 Å². The average molecular weight is 207 g/mol. The van der Waals surface area contributed by atoms with Crippen LogP contribution in [0.15, 0.2) is 18.2 Å². The molecule has 4 heteroatoms. The lowest BCUT2D eigenvalue weighted by atomic mass is 10.2. The molecule has 0 bridgehead atoms. The third-order valence-corrected chi connectivity index (χ3v) is 2.33. The summed E-state index contributed by atoms with van der Waals surface area (Å²) in [7, 11) is 3.14. The van der Waals surface area contributed by atoms with Gasteiger partial charge in [-0.15, -0.1) is 0 Å². The van der Waals surface area contributed by atoms with E-state index in [1.54, 1.807) is 37.3 Å². The highest BCUT2D eigenvalue weighted by atomic mass is 16.5. The molecule has 1 aromatic carbocycles. The SMILES string of the molecule is COc1cc(OC)cc(C(=O)N2CC2)c1. The predicted octanol–water partition coefficient (Wildman–Crippen LogP) is 1.16. The fourth-order valence-corrected chi connectivity index (χ4v) is 1.37. The lowest BCUT2D eigenvalue weighted by Gasteiger charge is -2.07. The van der Waals surface area contributed by atoms with E-state index in [1.165, 1.54) is 0 Å². The molecule has 1 fully saturated rings. The zero-order valence-corrected chi connectivity index (χ0v) is 8.82. The van der Waals surface area contributed by atoms with Crippen LogP contribution in [0.4, 0.5) is 0 Å². The lowest BCUT2D eigenvalue weighted by molar-refractivity contribution is 0.0885. The normalized spacial score (nSPS) is 13.6. The standard InChI is InChI=1S/C11H13NO3/c1-14-9-5-8(6-10(7-9)15-2)11(13)12-3-4-12/h5-7H,3-4H2,1-2H3. The van der Waals surface area contributed by atoms with Crippen molar-refractivity contribution in [1.82, 2.24) is 4.90 Å². The van der Waals surface area contributed by atoms with Crippen molar-refractivity contribution in [3.05, 3.63) is 23.8 Å². The topological polar surface area (TPSA) is 38.5 Å². The molecule has 0 saturated carbocycles. The van der Waals surface area contributed by atoms with E-state index in [-0.39, 0.29) is 5.91 Å². The van der Waals surface area contributed by atoms with Gasteiger partial charge in [-0.1, -0.05) is 0 Å². The summed E-state index contributed by atoms with van der Waals surface area (Å²) in [4.78, 5) is 13.5. The number of amides is 1. The molecule has 0 spiro atoms. The van der Waals surface area contributed by atoms with Crippen molar-refractivity contribution in [3.63, 3.8) is 0 Å². The Balaban J connectivity index is 2.32. The third kappa shape index (κ3) is 2.03. The Morgan fingerprint density at radius 3 is 2.07 bits per heavy atom. The minimum atomic E-state index is 0.0344. The van der Waals surface area contributed by atoms with Gasteiger partial charge in [-0.3, -0.25) is 4.79 Å². The summed E-state index contributed by atoms with van der Waals surface area (Å²) in [5.74, 6) is 1.31. The molecule has 1 amide bonds. The summed E-state index contributed by atoms with van der Waals surface area (Å²) < 4.78 is 10.2. The van der Waals surface area contributed by atoms with E-state index in [4.69, 9.17) is 9.47 Å². The summed E-state index contributed by atoms with van der Waals surface area (Å²) in [6, 6.07) is 5.20. The van der Waals surface area contributed by atoms with Crippen molar-refractivity contribution in [1.29, 1.82) is 0 Å². The summed E-state index contributed by atoms with van der Waals surface area (Å²) in [5, 5.41) is 0. The Morgan fingerprint density at radius 2 is 1.67 bits per heavy atom. The van der Waals surface area contributed by atoms with Gasteiger partial charge in [-0.05, 0) is 12.1 Å². The second-order valence-electron chi connectivity index (χ2n) is 3.39. The van der Waals surface area contributed by atoms with Crippen LogP contribution in [0.3, 0.4) is 0 Å². The van der Waals surface area contributed by atoms with Crippen molar-refractivity contribution in [2.24, 2.45) is 0 Å². The van der Waals surface area contributed by atoms with Gasteiger partial charge in [-0.2, -0.15) is 0 Å². The largest absolute Gasteiger partial charge is 0.497 e. The monoisotopic (exact) mass is 207 g/mol. The number of carbonyl (C=O) groups is 1. The Morgan fingerprint density at radius 1 is 1.13 bits per heavy atom. The van der Waals surface area contributed by atoms with Crippen LogP contribution in [0.2, 0.25) is 0 Å². The first kappa shape index (κ1) is 9.83. The number of nitrogens with zero attached hydrogens (tertiary/aromatic N) is 1. The molecule has 80 valence electrons. The molecule has 0 aliphatic carbocycles. The number of hydrogen-bond acceptors (Lipinski definition) is 3. The first-order valence-electron chi connectivity index (χ1n) is 4.77. The molecule has 1 aliphatic rings. The maximum absolute atomic E-state index is 11.8. The molecule has 0 atom stereocenters. The van der Waals surface area contributed by atoms with Crippen LogP contribution in [-0.2, 0) is 0 Å². The molecule has 4 nitrogen and oxygen atoms in total. The number of ether oxygens (including phenoxy) is 2. The molecule has 1 aromatic rings. The van der Waals surface area contributed by atoms with Crippen LogP contribution >= 0.6 is 0 Å². The van der Waals surface area contributed by atoms with Crippen molar-refractivity contribution >= 4 is 5.91 Å². The van der Waals surface area contributed by atoms with E-state index in [0.717, 1.165) is 13.1 Å². The predicted molar refractivity (Wildman–Crippen MR) is 55.4 cm³/mol. The van der Waals surface area contributed by atoms with Crippen LogP contribution in [0, 0.1) is 0 Å². The van der Waals surface area contributed by atoms with Crippen LogP contribution in [0.25, 0.3) is 0 Å². The summed E-state index contributed by atoms with van der Waals surface area (Å²) in [6.07, 6.45) is 0. The highest BCUT2D eigenvalue weighted by Gasteiger charge is 2.25. The fourth-order valence-electron chi connectivity index (χ4n) is 1.37. The molecule has 2 rings (SSSR count). The highest BCUT2D eigenvalue weighted by Crippen LogP contribution is 2.24. The van der Waals surface area contributed by atoms with E-state index in [0.29, 0.717) is 17.1 Å². The minimum Gasteiger partial charge on any atom is -0.497 e. The van der Waals surface area contributed by atoms with Crippen molar-refractivity contribution in [2.45, 2.75) is 0 Å². The first-order valence-corrected chi connectivity index (χ1v) is 4.77. The van der Waals surface area contributed by atoms with E-state index in [2.05, 4.69) is 0 Å². The van der Waals surface area contributed by atoms with Gasteiger partial charge in [0.15, 0.2) is 0 Å². The van der Waals surface area contributed by atoms with E-state index >= 15 is 0 Å². The molecule has 0 aromatic heterocycles. The molecule has 15 heavy (non-hydrogen) atoms. The summed E-state index contributed by atoms with van der Waals surface area (Å²) >= 11 is 0. The zero-order chi connectivity index (χ0) is 10.8. The Hall–Kier alpha value is -1.71. The maximum Gasteiger partial charge on any atom is 0.254 e. The molecule has 1 saturated heterocycles. The number of rotatable bonds is 3. The fraction of sp³-hybridized carbons (Fsp3) is 0.364. The van der Waals surface area contributed by atoms with E-state index in [1.807, 2.05) is 0 Å². The maximum atomic E-state index is 11.8. The molecule has 0 radical (unpaired) electrons. The first-order chi connectivity index (χ1) is 7.24. The van der Waals surface area contributed by atoms with Crippen molar-refractivity contribution in [3.8, 4) is 11.5 Å². The van der Waals surface area contributed by atoms with Gasteiger partial charge >= 0.3 is 0 Å². The molecule has 1 aliphatic heterocycles. The number of hydrogen-bond donors (Lipinski definition) is 0. The van der Waals surface area contributed by atoms with Gasteiger partial charge < -0.3 is 14.4 Å². The average Bonchev–Trinajstić information content (AvgIpc) is 3.11. The van der Waals surface area contributed by atoms with Gasteiger partial charge in [0.05, 0.1) is 14.2 Å². The second-order valence-corrected chi connectivity index (χ2v) is 3.39. The van der Waals surface area contributed by atoms with E-state index in [9.17, 15) is 4.79 Å². The summed E-state index contributed by atoms with van der Waals surface area (Å²) in [6.45, 7) is 1.69. The molecule has 0 N–H and O–H groups in total.